The van der Waals surface area contributed by atoms with Crippen LogP contribution in [-0.4, -0.2) is 26.6 Å². The molecular formula is C15H21NO3S. The van der Waals surface area contributed by atoms with Crippen LogP contribution in [-0.2, 0) is 9.84 Å². The molecule has 110 valence electrons. The van der Waals surface area contributed by atoms with Crippen LogP contribution in [0.15, 0.2) is 29.2 Å². The Bertz CT molecular complexity index is 595. The van der Waals surface area contributed by atoms with E-state index in [1.54, 1.807) is 12.1 Å². The maximum Gasteiger partial charge on any atom is 0.251 e. The Kier molecular flexibility index (Phi) is 4.48. The fourth-order valence-electron chi connectivity index (χ4n) is 2.70. The molecule has 1 N–H and O–H groups in total. The van der Waals surface area contributed by atoms with Crippen molar-refractivity contribution in [2.24, 2.45) is 5.92 Å². The molecule has 1 aromatic carbocycles. The number of carbonyl (C=O) groups is 1. The topological polar surface area (TPSA) is 63.2 Å². The zero-order valence-electron chi connectivity index (χ0n) is 11.9. The Morgan fingerprint density at radius 1 is 1.30 bits per heavy atom. The fraction of sp³-hybridized carbons (Fsp3) is 0.533. The van der Waals surface area contributed by atoms with Gasteiger partial charge in [0.05, 0.1) is 4.90 Å². The van der Waals surface area contributed by atoms with Gasteiger partial charge in [0.15, 0.2) is 9.84 Å². The SMILES string of the molecule is CC1CCCC(NC(=O)c2cccc(S(C)(=O)=O)c2)C1. The lowest BCUT2D eigenvalue weighted by molar-refractivity contribution is 0.0921. The third-order valence-corrected chi connectivity index (χ3v) is 4.91. The molecule has 0 heterocycles. The molecule has 0 saturated heterocycles. The monoisotopic (exact) mass is 295 g/mol. The second kappa shape index (κ2) is 5.95. The molecule has 5 heteroatoms. The van der Waals surface area contributed by atoms with Crippen LogP contribution in [0.4, 0.5) is 0 Å². The smallest absolute Gasteiger partial charge is 0.251 e. The zero-order valence-corrected chi connectivity index (χ0v) is 12.7. The largest absolute Gasteiger partial charge is 0.349 e. The van der Waals surface area contributed by atoms with Gasteiger partial charge in [0.25, 0.3) is 5.91 Å². The molecule has 0 aromatic heterocycles. The van der Waals surface area contributed by atoms with Gasteiger partial charge in [-0.3, -0.25) is 4.79 Å². The normalized spacial score (nSPS) is 23.3. The summed E-state index contributed by atoms with van der Waals surface area (Å²) in [5, 5.41) is 3.01. The molecule has 4 nitrogen and oxygen atoms in total. The van der Waals surface area contributed by atoms with Gasteiger partial charge >= 0.3 is 0 Å². The van der Waals surface area contributed by atoms with Gasteiger partial charge in [0.1, 0.15) is 0 Å². The lowest BCUT2D eigenvalue weighted by atomic mass is 9.87. The van der Waals surface area contributed by atoms with Crippen molar-refractivity contribution in [3.05, 3.63) is 29.8 Å². The van der Waals surface area contributed by atoms with Crippen molar-refractivity contribution in [3.63, 3.8) is 0 Å². The molecule has 0 radical (unpaired) electrons. The maximum absolute atomic E-state index is 12.2. The fourth-order valence-corrected chi connectivity index (χ4v) is 3.37. The minimum atomic E-state index is -3.28. The van der Waals surface area contributed by atoms with Gasteiger partial charge in [-0.2, -0.15) is 0 Å². The highest BCUT2D eigenvalue weighted by atomic mass is 32.2. The summed E-state index contributed by atoms with van der Waals surface area (Å²) in [6, 6.07) is 6.41. The summed E-state index contributed by atoms with van der Waals surface area (Å²) in [4.78, 5) is 12.4. The van der Waals surface area contributed by atoms with Gasteiger partial charge in [0, 0.05) is 17.9 Å². The molecular weight excluding hydrogens is 274 g/mol. The molecule has 0 bridgehead atoms. The van der Waals surface area contributed by atoms with Crippen molar-refractivity contribution >= 4 is 15.7 Å². The summed E-state index contributed by atoms with van der Waals surface area (Å²) < 4.78 is 23.0. The molecule has 2 unspecified atom stereocenters. The van der Waals surface area contributed by atoms with E-state index in [2.05, 4.69) is 12.2 Å². The lowest BCUT2D eigenvalue weighted by Gasteiger charge is -2.27. The highest BCUT2D eigenvalue weighted by molar-refractivity contribution is 7.90. The summed E-state index contributed by atoms with van der Waals surface area (Å²) >= 11 is 0. The number of rotatable bonds is 3. The van der Waals surface area contributed by atoms with Crippen LogP contribution in [0.3, 0.4) is 0 Å². The molecule has 1 aliphatic carbocycles. The molecule has 20 heavy (non-hydrogen) atoms. The van der Waals surface area contributed by atoms with E-state index in [4.69, 9.17) is 0 Å². The number of hydrogen-bond donors (Lipinski definition) is 1. The van der Waals surface area contributed by atoms with Crippen LogP contribution in [0.5, 0.6) is 0 Å². The van der Waals surface area contributed by atoms with Gasteiger partial charge < -0.3 is 5.32 Å². The van der Waals surface area contributed by atoms with Gasteiger partial charge in [-0.1, -0.05) is 25.8 Å². The summed E-state index contributed by atoms with van der Waals surface area (Å²) in [6.07, 6.45) is 5.50. The van der Waals surface area contributed by atoms with E-state index in [1.807, 2.05) is 0 Å². The number of nitrogens with one attached hydrogen (secondary N) is 1. The Morgan fingerprint density at radius 2 is 2.05 bits per heavy atom. The first-order valence-corrected chi connectivity index (χ1v) is 8.86. The van der Waals surface area contributed by atoms with Gasteiger partial charge in [-0.15, -0.1) is 0 Å². The first kappa shape index (κ1) is 15.0. The second-order valence-electron chi connectivity index (χ2n) is 5.74. The highest BCUT2D eigenvalue weighted by Crippen LogP contribution is 2.23. The van der Waals surface area contributed by atoms with Crippen LogP contribution >= 0.6 is 0 Å². The molecule has 1 saturated carbocycles. The molecule has 2 rings (SSSR count). The van der Waals surface area contributed by atoms with E-state index in [0.717, 1.165) is 25.5 Å². The van der Waals surface area contributed by atoms with Crippen molar-refractivity contribution in [1.82, 2.24) is 5.32 Å². The first-order chi connectivity index (χ1) is 9.36. The predicted molar refractivity (Wildman–Crippen MR) is 78.4 cm³/mol. The molecule has 1 fully saturated rings. The van der Waals surface area contributed by atoms with E-state index >= 15 is 0 Å². The predicted octanol–water partition coefficient (Wildman–Crippen LogP) is 2.40. The summed E-state index contributed by atoms with van der Waals surface area (Å²) in [6.45, 7) is 2.20. The molecule has 0 spiro atoms. The van der Waals surface area contributed by atoms with Crippen molar-refractivity contribution in [2.45, 2.75) is 43.5 Å². The molecule has 0 aliphatic heterocycles. The minimum Gasteiger partial charge on any atom is -0.349 e. The Labute approximate surface area is 120 Å². The first-order valence-electron chi connectivity index (χ1n) is 6.97. The number of benzene rings is 1. The van der Waals surface area contributed by atoms with E-state index in [0.29, 0.717) is 11.5 Å². The van der Waals surface area contributed by atoms with E-state index in [-0.39, 0.29) is 16.8 Å². The van der Waals surface area contributed by atoms with Crippen LogP contribution in [0.2, 0.25) is 0 Å². The van der Waals surface area contributed by atoms with Crippen molar-refractivity contribution in [2.75, 3.05) is 6.26 Å². The third-order valence-electron chi connectivity index (χ3n) is 3.80. The van der Waals surface area contributed by atoms with Crippen molar-refractivity contribution in [1.29, 1.82) is 0 Å². The summed E-state index contributed by atoms with van der Waals surface area (Å²) in [7, 11) is -3.28. The molecule has 1 aromatic rings. The van der Waals surface area contributed by atoms with E-state index in [9.17, 15) is 13.2 Å². The maximum atomic E-state index is 12.2. The van der Waals surface area contributed by atoms with Crippen LogP contribution in [0.1, 0.15) is 43.0 Å². The Hall–Kier alpha value is -1.36. The van der Waals surface area contributed by atoms with Crippen LogP contribution in [0, 0.1) is 5.92 Å². The van der Waals surface area contributed by atoms with Gasteiger partial charge in [0.2, 0.25) is 0 Å². The Balaban J connectivity index is 2.09. The highest BCUT2D eigenvalue weighted by Gasteiger charge is 2.21. The van der Waals surface area contributed by atoms with Crippen LogP contribution in [0.25, 0.3) is 0 Å². The van der Waals surface area contributed by atoms with Crippen molar-refractivity contribution < 1.29 is 13.2 Å². The molecule has 1 amide bonds. The number of amides is 1. The standard InChI is InChI=1S/C15H21NO3S/c1-11-5-3-7-13(9-11)16-15(17)12-6-4-8-14(10-12)20(2,18)19/h4,6,8,10-11,13H,3,5,7,9H2,1-2H3,(H,16,17). The van der Waals surface area contributed by atoms with E-state index in [1.165, 1.54) is 18.6 Å². The number of hydrogen-bond acceptors (Lipinski definition) is 3. The number of carbonyl (C=O) groups excluding carboxylic acids is 1. The second-order valence-corrected chi connectivity index (χ2v) is 7.76. The van der Waals surface area contributed by atoms with E-state index < -0.39 is 9.84 Å². The average Bonchev–Trinajstić information content (AvgIpc) is 2.38. The quantitative estimate of drug-likeness (QED) is 0.931. The van der Waals surface area contributed by atoms with Gasteiger partial charge in [-0.25, -0.2) is 8.42 Å². The van der Waals surface area contributed by atoms with Crippen molar-refractivity contribution in [3.8, 4) is 0 Å². The van der Waals surface area contributed by atoms with Crippen LogP contribution < -0.4 is 5.32 Å². The molecule has 1 aliphatic rings. The average molecular weight is 295 g/mol. The zero-order chi connectivity index (χ0) is 14.8. The molecule has 2 atom stereocenters. The Morgan fingerprint density at radius 3 is 2.70 bits per heavy atom. The summed E-state index contributed by atoms with van der Waals surface area (Å²) in [5.41, 5.74) is 0.408. The lowest BCUT2D eigenvalue weighted by Crippen LogP contribution is -2.38. The minimum absolute atomic E-state index is 0.183. The summed E-state index contributed by atoms with van der Waals surface area (Å²) in [5.74, 6) is 0.450. The number of sulfone groups is 1. The van der Waals surface area contributed by atoms with Gasteiger partial charge in [-0.05, 0) is 37.0 Å². The third kappa shape index (κ3) is 3.82.